The number of fused-ring (bicyclic) bond motifs is 1. The molecule has 8 nitrogen and oxygen atoms in total. The van der Waals surface area contributed by atoms with Gasteiger partial charge < -0.3 is 16.4 Å². The number of anilines is 2. The molecule has 0 bridgehead atoms. The van der Waals surface area contributed by atoms with Crippen LogP contribution in [0.5, 0.6) is 0 Å². The van der Waals surface area contributed by atoms with E-state index in [0.29, 0.717) is 29.2 Å². The number of alkyl halides is 2. The maximum atomic E-state index is 13.9. The van der Waals surface area contributed by atoms with Crippen molar-refractivity contribution in [1.29, 1.82) is 5.26 Å². The molecule has 0 spiro atoms. The van der Waals surface area contributed by atoms with Crippen LogP contribution >= 0.6 is 11.3 Å². The lowest BCUT2D eigenvalue weighted by molar-refractivity contribution is -0.0554. The van der Waals surface area contributed by atoms with E-state index in [1.165, 1.54) is 22.0 Å². The summed E-state index contributed by atoms with van der Waals surface area (Å²) in [6.45, 7) is 0. The molecule has 0 aliphatic heterocycles. The zero-order valence-electron chi connectivity index (χ0n) is 15.1. The van der Waals surface area contributed by atoms with Crippen LogP contribution in [0.25, 0.3) is 5.65 Å². The summed E-state index contributed by atoms with van der Waals surface area (Å²) < 4.78 is 29.2. The highest BCUT2D eigenvalue weighted by Gasteiger charge is 2.44. The van der Waals surface area contributed by atoms with Crippen LogP contribution < -0.4 is 16.4 Å². The molecule has 3 aromatic heterocycles. The van der Waals surface area contributed by atoms with Gasteiger partial charge in [0, 0.05) is 18.7 Å². The molecular weight excluding hydrogens is 400 g/mol. The average molecular weight is 417 g/mol. The lowest BCUT2D eigenvalue weighted by Gasteiger charge is -2.36. The van der Waals surface area contributed by atoms with Crippen molar-refractivity contribution >= 4 is 34.4 Å². The molecule has 11 heteroatoms. The summed E-state index contributed by atoms with van der Waals surface area (Å²) >= 11 is 1.22. The Balaban J connectivity index is 1.58. The number of nitriles is 1. The van der Waals surface area contributed by atoms with E-state index in [1.807, 2.05) is 6.07 Å². The fourth-order valence-corrected chi connectivity index (χ4v) is 3.98. The minimum Gasteiger partial charge on any atom is -0.365 e. The van der Waals surface area contributed by atoms with Crippen molar-refractivity contribution in [3.8, 4) is 6.07 Å². The van der Waals surface area contributed by atoms with Crippen LogP contribution in [-0.2, 0) is 0 Å². The molecular formula is C18H17F2N7OS. The highest BCUT2D eigenvalue weighted by molar-refractivity contribution is 7.11. The van der Waals surface area contributed by atoms with Crippen LogP contribution in [0.15, 0.2) is 29.9 Å². The SMILES string of the molecule is N#Cc1sccc1NC(=O)c1cnn2ccc(N[C@@H]3CCCC(F)(F)[C@@H]3N)nc12. The van der Waals surface area contributed by atoms with Crippen molar-refractivity contribution in [3.05, 3.63) is 40.3 Å². The van der Waals surface area contributed by atoms with Crippen molar-refractivity contribution in [2.24, 2.45) is 5.73 Å². The van der Waals surface area contributed by atoms with E-state index in [0.717, 1.165) is 0 Å². The number of nitrogens with zero attached hydrogens (tertiary/aromatic N) is 4. The molecule has 2 atom stereocenters. The summed E-state index contributed by atoms with van der Waals surface area (Å²) in [6, 6.07) is 3.30. The first-order valence-electron chi connectivity index (χ1n) is 8.92. The van der Waals surface area contributed by atoms with Gasteiger partial charge in [-0.3, -0.25) is 4.79 Å². The molecule has 3 aromatic rings. The first kappa shape index (κ1) is 19.2. The molecule has 1 aliphatic rings. The standard InChI is InChI=1S/C18H17F2N7OS/c19-18(20)5-1-2-12(15(18)22)24-14-3-6-27-16(26-14)10(9-23-27)17(28)25-11-4-7-29-13(11)8-21/h3-4,6-7,9,12,15H,1-2,5,22H2,(H,24,26)(H,25,28)/t12-,15-/m1/s1. The van der Waals surface area contributed by atoms with Gasteiger partial charge in [0.05, 0.1) is 17.9 Å². The second kappa shape index (κ2) is 7.38. The van der Waals surface area contributed by atoms with E-state index in [1.54, 1.807) is 23.7 Å². The van der Waals surface area contributed by atoms with E-state index in [2.05, 4.69) is 20.7 Å². The van der Waals surface area contributed by atoms with Gasteiger partial charge in [0.25, 0.3) is 11.8 Å². The summed E-state index contributed by atoms with van der Waals surface area (Å²) in [5, 5.41) is 20.5. The van der Waals surface area contributed by atoms with Gasteiger partial charge in [0.1, 0.15) is 22.3 Å². The highest BCUT2D eigenvalue weighted by atomic mass is 32.1. The fourth-order valence-electron chi connectivity index (χ4n) is 3.34. The molecule has 4 N–H and O–H groups in total. The third-order valence-corrected chi connectivity index (χ3v) is 5.73. The molecule has 1 amide bonds. The Bertz CT molecular complexity index is 1100. The molecule has 0 saturated heterocycles. The van der Waals surface area contributed by atoms with Crippen molar-refractivity contribution in [1.82, 2.24) is 14.6 Å². The molecule has 29 heavy (non-hydrogen) atoms. The van der Waals surface area contributed by atoms with Gasteiger partial charge in [0.15, 0.2) is 5.65 Å². The maximum absolute atomic E-state index is 13.9. The Morgan fingerprint density at radius 3 is 3.07 bits per heavy atom. The first-order valence-corrected chi connectivity index (χ1v) is 9.80. The third kappa shape index (κ3) is 3.64. The number of aromatic nitrogens is 3. The Kier molecular flexibility index (Phi) is 4.89. The first-order chi connectivity index (χ1) is 13.9. The zero-order valence-corrected chi connectivity index (χ0v) is 15.9. The predicted molar refractivity (Wildman–Crippen MR) is 104 cm³/mol. The minimum absolute atomic E-state index is 0.196. The Morgan fingerprint density at radius 2 is 2.28 bits per heavy atom. The summed E-state index contributed by atoms with van der Waals surface area (Å²) in [5.74, 6) is -3.07. The van der Waals surface area contributed by atoms with Gasteiger partial charge in [-0.2, -0.15) is 10.4 Å². The Morgan fingerprint density at radius 1 is 1.45 bits per heavy atom. The molecule has 0 aromatic carbocycles. The van der Waals surface area contributed by atoms with E-state index in [4.69, 9.17) is 11.0 Å². The average Bonchev–Trinajstić information content (AvgIpc) is 3.31. The van der Waals surface area contributed by atoms with Gasteiger partial charge in [-0.05, 0) is 30.4 Å². The fraction of sp³-hybridized carbons (Fsp3) is 0.333. The van der Waals surface area contributed by atoms with Gasteiger partial charge >= 0.3 is 0 Å². The Labute approximate surface area is 168 Å². The maximum Gasteiger partial charge on any atom is 0.264 e. The molecule has 0 unspecified atom stereocenters. The lowest BCUT2D eigenvalue weighted by Crippen LogP contribution is -2.55. The largest absolute Gasteiger partial charge is 0.365 e. The topological polar surface area (TPSA) is 121 Å². The second-order valence-electron chi connectivity index (χ2n) is 6.80. The number of nitrogens with two attached hydrogens (primary N) is 1. The summed E-state index contributed by atoms with van der Waals surface area (Å²) in [5.41, 5.74) is 6.60. The van der Waals surface area contributed by atoms with Crippen LogP contribution in [0.2, 0.25) is 0 Å². The smallest absolute Gasteiger partial charge is 0.264 e. The van der Waals surface area contributed by atoms with Crippen molar-refractivity contribution in [2.75, 3.05) is 10.6 Å². The van der Waals surface area contributed by atoms with E-state index >= 15 is 0 Å². The van der Waals surface area contributed by atoms with Gasteiger partial charge in [-0.15, -0.1) is 11.3 Å². The number of hydrogen-bond donors (Lipinski definition) is 3. The van der Waals surface area contributed by atoms with E-state index < -0.39 is 23.9 Å². The molecule has 4 rings (SSSR count). The van der Waals surface area contributed by atoms with Gasteiger partial charge in [0.2, 0.25) is 0 Å². The third-order valence-electron chi connectivity index (χ3n) is 4.91. The lowest BCUT2D eigenvalue weighted by atomic mass is 9.87. The van der Waals surface area contributed by atoms with Crippen LogP contribution in [0.1, 0.15) is 34.5 Å². The highest BCUT2D eigenvalue weighted by Crippen LogP contribution is 2.33. The van der Waals surface area contributed by atoms with Crippen molar-refractivity contribution < 1.29 is 13.6 Å². The number of amides is 1. The number of rotatable bonds is 4. The molecule has 1 aliphatic carbocycles. The van der Waals surface area contributed by atoms with E-state index in [-0.39, 0.29) is 17.6 Å². The minimum atomic E-state index is -2.93. The van der Waals surface area contributed by atoms with Crippen LogP contribution in [0.3, 0.4) is 0 Å². The van der Waals surface area contributed by atoms with E-state index in [9.17, 15) is 13.6 Å². The number of thiophene rings is 1. The van der Waals surface area contributed by atoms with Crippen LogP contribution in [0.4, 0.5) is 20.3 Å². The number of hydrogen-bond acceptors (Lipinski definition) is 7. The number of carbonyl (C=O) groups is 1. The molecule has 150 valence electrons. The monoisotopic (exact) mass is 417 g/mol. The molecule has 3 heterocycles. The normalized spacial score (nSPS) is 20.9. The van der Waals surface area contributed by atoms with Crippen molar-refractivity contribution in [2.45, 2.75) is 37.3 Å². The summed E-state index contributed by atoms with van der Waals surface area (Å²) in [7, 11) is 0. The van der Waals surface area contributed by atoms with Crippen LogP contribution in [-0.4, -0.2) is 38.5 Å². The summed E-state index contributed by atoms with van der Waals surface area (Å²) in [6.07, 6.45) is 3.59. The number of carbonyl (C=O) groups excluding carboxylic acids is 1. The zero-order chi connectivity index (χ0) is 20.6. The van der Waals surface area contributed by atoms with Gasteiger partial charge in [-0.1, -0.05) is 0 Å². The predicted octanol–water partition coefficient (Wildman–Crippen LogP) is 2.84. The molecule has 1 saturated carbocycles. The van der Waals surface area contributed by atoms with Gasteiger partial charge in [-0.25, -0.2) is 18.3 Å². The number of halogens is 2. The quantitative estimate of drug-likeness (QED) is 0.600. The second-order valence-corrected chi connectivity index (χ2v) is 7.71. The summed E-state index contributed by atoms with van der Waals surface area (Å²) in [4.78, 5) is 17.4. The number of nitrogens with one attached hydrogen (secondary N) is 2. The van der Waals surface area contributed by atoms with Crippen molar-refractivity contribution in [3.63, 3.8) is 0 Å². The Hall–Kier alpha value is -3.10. The van der Waals surface area contributed by atoms with Crippen LogP contribution in [0, 0.1) is 11.3 Å². The molecule has 1 fully saturated rings. The molecule has 0 radical (unpaired) electrons.